The van der Waals surface area contributed by atoms with Gasteiger partial charge >= 0.3 is 7.60 Å². The molecule has 0 aromatic rings. The van der Waals surface area contributed by atoms with Gasteiger partial charge in [0.05, 0.1) is 6.16 Å². The molecule has 0 unspecified atom stereocenters. The summed E-state index contributed by atoms with van der Waals surface area (Å²) in [4.78, 5) is 17.1. The molecular weight excluding hydrogens is 201 g/mol. The summed E-state index contributed by atoms with van der Waals surface area (Å²) in [5.74, 6) is 0. The second kappa shape index (κ2) is 8.42. The van der Waals surface area contributed by atoms with E-state index < -0.39 is 7.60 Å². The minimum Gasteiger partial charge on any atom is -0.324 e. The highest BCUT2D eigenvalue weighted by atomic mass is 31.2. The van der Waals surface area contributed by atoms with Gasteiger partial charge in [-0.3, -0.25) is 4.57 Å². The van der Waals surface area contributed by atoms with E-state index in [1.165, 1.54) is 25.7 Å². The molecule has 0 saturated heterocycles. The van der Waals surface area contributed by atoms with Gasteiger partial charge < -0.3 is 15.1 Å². The van der Waals surface area contributed by atoms with Crippen LogP contribution in [-0.2, 0) is 4.57 Å². The summed E-state index contributed by atoms with van der Waals surface area (Å²) in [6, 6.07) is 0. The molecule has 0 heterocycles. The maximum Gasteiger partial charge on any atom is 0.326 e. The Labute approximate surface area is 86.3 Å². The van der Waals surface area contributed by atoms with E-state index in [1.807, 2.05) is 0 Å². The Bertz CT molecular complexity index is 169. The van der Waals surface area contributed by atoms with Crippen LogP contribution >= 0.6 is 7.60 Å². The van der Waals surface area contributed by atoms with E-state index in [1.54, 1.807) is 0 Å². The largest absolute Gasteiger partial charge is 0.326 e. The number of rotatable bonds is 9. The van der Waals surface area contributed by atoms with Crippen molar-refractivity contribution in [3.63, 3.8) is 0 Å². The molecule has 5 heteroatoms. The van der Waals surface area contributed by atoms with Crippen LogP contribution in [0.1, 0.15) is 39.0 Å². The fourth-order valence-corrected chi connectivity index (χ4v) is 1.65. The van der Waals surface area contributed by atoms with E-state index >= 15 is 0 Å². The molecule has 0 aromatic carbocycles. The lowest BCUT2D eigenvalue weighted by molar-refractivity contribution is 0.371. The lowest BCUT2D eigenvalue weighted by Gasteiger charge is -2.05. The summed E-state index contributed by atoms with van der Waals surface area (Å²) >= 11 is 0. The van der Waals surface area contributed by atoms with Crippen LogP contribution in [0, 0.1) is 0 Å². The molecule has 0 aliphatic rings. The molecule has 0 saturated carbocycles. The van der Waals surface area contributed by atoms with Crippen LogP contribution in [0.25, 0.3) is 0 Å². The van der Waals surface area contributed by atoms with Crippen LogP contribution in [0.4, 0.5) is 0 Å². The molecule has 4 nitrogen and oxygen atoms in total. The summed E-state index contributed by atoms with van der Waals surface area (Å²) in [5.41, 5.74) is 0. The molecule has 0 radical (unpaired) electrons. The smallest absolute Gasteiger partial charge is 0.324 e. The summed E-state index contributed by atoms with van der Waals surface area (Å²) < 4.78 is 10.5. The lowest BCUT2D eigenvalue weighted by atomic mass is 10.1. The van der Waals surface area contributed by atoms with E-state index in [9.17, 15) is 4.57 Å². The third-order valence-electron chi connectivity index (χ3n) is 2.04. The molecule has 14 heavy (non-hydrogen) atoms. The van der Waals surface area contributed by atoms with Gasteiger partial charge in [-0.1, -0.05) is 32.6 Å². The standard InChI is InChI=1S/C9H22NO3P/c1-2-3-4-5-6-7-10-8-9-14(11,12)13/h10H,2-9H2,1H3,(H2,11,12,13). The normalized spacial score (nSPS) is 11.9. The SMILES string of the molecule is CCCCCCCNCCP(=O)(O)O. The average Bonchev–Trinajstić information content (AvgIpc) is 2.08. The molecule has 0 aliphatic heterocycles. The van der Waals surface area contributed by atoms with Gasteiger partial charge in [0.15, 0.2) is 0 Å². The Kier molecular flexibility index (Phi) is 8.49. The number of hydrogen-bond donors (Lipinski definition) is 3. The second-order valence-electron chi connectivity index (χ2n) is 3.55. The van der Waals surface area contributed by atoms with Gasteiger partial charge in [-0.2, -0.15) is 0 Å². The van der Waals surface area contributed by atoms with Crippen LogP contribution < -0.4 is 5.32 Å². The zero-order valence-electron chi connectivity index (χ0n) is 8.91. The first-order valence-corrected chi connectivity index (χ1v) is 7.11. The topological polar surface area (TPSA) is 69.6 Å². The van der Waals surface area contributed by atoms with Crippen LogP contribution in [0.3, 0.4) is 0 Å². The first kappa shape index (κ1) is 14.1. The van der Waals surface area contributed by atoms with Crippen molar-refractivity contribution >= 4 is 7.60 Å². The summed E-state index contributed by atoms with van der Waals surface area (Å²) in [5, 5.41) is 3.03. The van der Waals surface area contributed by atoms with E-state index in [0.717, 1.165) is 13.0 Å². The maximum absolute atomic E-state index is 10.5. The van der Waals surface area contributed by atoms with E-state index in [-0.39, 0.29) is 6.16 Å². The Morgan fingerprint density at radius 1 is 1.07 bits per heavy atom. The fraction of sp³-hybridized carbons (Fsp3) is 1.00. The van der Waals surface area contributed by atoms with Crippen molar-refractivity contribution < 1.29 is 14.4 Å². The fourth-order valence-electron chi connectivity index (χ4n) is 1.20. The monoisotopic (exact) mass is 223 g/mol. The summed E-state index contributed by atoms with van der Waals surface area (Å²) in [6.45, 7) is 3.46. The Morgan fingerprint density at radius 2 is 1.71 bits per heavy atom. The van der Waals surface area contributed by atoms with Crippen LogP contribution in [0.2, 0.25) is 0 Å². The van der Waals surface area contributed by atoms with Gasteiger partial charge in [-0.05, 0) is 13.0 Å². The summed E-state index contributed by atoms with van der Waals surface area (Å²) in [7, 11) is -3.79. The van der Waals surface area contributed by atoms with Crippen molar-refractivity contribution in [2.24, 2.45) is 0 Å². The van der Waals surface area contributed by atoms with Crippen molar-refractivity contribution in [1.82, 2.24) is 5.32 Å². The molecule has 86 valence electrons. The van der Waals surface area contributed by atoms with Gasteiger partial charge in [-0.15, -0.1) is 0 Å². The third kappa shape index (κ3) is 12.1. The van der Waals surface area contributed by atoms with Crippen molar-refractivity contribution in [1.29, 1.82) is 0 Å². The predicted molar refractivity (Wildman–Crippen MR) is 58.5 cm³/mol. The molecule has 0 bridgehead atoms. The molecular formula is C9H22NO3P. The minimum atomic E-state index is -3.79. The highest BCUT2D eigenvalue weighted by Gasteiger charge is 2.10. The second-order valence-corrected chi connectivity index (χ2v) is 5.33. The Morgan fingerprint density at radius 3 is 2.29 bits per heavy atom. The van der Waals surface area contributed by atoms with Gasteiger partial charge in [0.25, 0.3) is 0 Å². The van der Waals surface area contributed by atoms with Crippen molar-refractivity contribution in [2.75, 3.05) is 19.3 Å². The number of unbranched alkanes of at least 4 members (excludes halogenated alkanes) is 4. The zero-order chi connectivity index (χ0) is 10.9. The molecule has 0 spiro atoms. The summed E-state index contributed by atoms with van der Waals surface area (Å²) in [6.07, 6.45) is 6.03. The highest BCUT2D eigenvalue weighted by Crippen LogP contribution is 2.32. The lowest BCUT2D eigenvalue weighted by Crippen LogP contribution is -2.19. The van der Waals surface area contributed by atoms with Crippen molar-refractivity contribution in [3.8, 4) is 0 Å². The minimum absolute atomic E-state index is 0.0536. The van der Waals surface area contributed by atoms with Crippen LogP contribution in [0.5, 0.6) is 0 Å². The van der Waals surface area contributed by atoms with Crippen LogP contribution in [-0.4, -0.2) is 29.0 Å². The Balaban J connectivity index is 3.03. The quantitative estimate of drug-likeness (QED) is 0.411. The molecule has 0 aliphatic carbocycles. The van der Waals surface area contributed by atoms with Crippen LogP contribution in [0.15, 0.2) is 0 Å². The molecule has 0 amide bonds. The van der Waals surface area contributed by atoms with E-state index in [2.05, 4.69) is 12.2 Å². The number of hydrogen-bond acceptors (Lipinski definition) is 2. The number of nitrogens with one attached hydrogen (secondary N) is 1. The molecule has 0 fully saturated rings. The molecule has 0 atom stereocenters. The molecule has 0 rings (SSSR count). The maximum atomic E-state index is 10.5. The average molecular weight is 223 g/mol. The van der Waals surface area contributed by atoms with Gasteiger partial charge in [0.1, 0.15) is 0 Å². The van der Waals surface area contributed by atoms with E-state index in [0.29, 0.717) is 6.54 Å². The third-order valence-corrected chi connectivity index (χ3v) is 2.84. The van der Waals surface area contributed by atoms with Crippen molar-refractivity contribution in [2.45, 2.75) is 39.0 Å². The molecule has 3 N–H and O–H groups in total. The van der Waals surface area contributed by atoms with Gasteiger partial charge in [0, 0.05) is 6.54 Å². The van der Waals surface area contributed by atoms with Crippen molar-refractivity contribution in [3.05, 3.63) is 0 Å². The van der Waals surface area contributed by atoms with E-state index in [4.69, 9.17) is 9.79 Å². The predicted octanol–water partition coefficient (Wildman–Crippen LogP) is 1.72. The van der Waals surface area contributed by atoms with Gasteiger partial charge in [0.2, 0.25) is 0 Å². The highest BCUT2D eigenvalue weighted by molar-refractivity contribution is 7.51. The zero-order valence-corrected chi connectivity index (χ0v) is 9.80. The Hall–Kier alpha value is 0.110. The molecule has 0 aromatic heterocycles. The van der Waals surface area contributed by atoms with Gasteiger partial charge in [-0.25, -0.2) is 0 Å². The first-order valence-electron chi connectivity index (χ1n) is 5.31. The first-order chi connectivity index (χ1) is 6.56.